The summed E-state index contributed by atoms with van der Waals surface area (Å²) in [6, 6.07) is 14.0. The van der Waals surface area contributed by atoms with E-state index in [0.29, 0.717) is 69.7 Å². The first-order valence-corrected chi connectivity index (χ1v) is 21.0. The molecule has 0 saturated carbocycles. The highest BCUT2D eigenvalue weighted by Gasteiger charge is 2.54. The van der Waals surface area contributed by atoms with Crippen LogP contribution in [0.1, 0.15) is 47.1 Å². The van der Waals surface area contributed by atoms with Gasteiger partial charge in [0, 0.05) is 36.9 Å². The third-order valence-corrected chi connectivity index (χ3v) is 13.8. The third-order valence-electron chi connectivity index (χ3n) is 10.2. The molecule has 314 valence electrons. The number of cyclic esters (lactones) is 1. The fourth-order valence-electron chi connectivity index (χ4n) is 7.29. The van der Waals surface area contributed by atoms with E-state index in [1.165, 1.54) is 27.5 Å². The van der Waals surface area contributed by atoms with Gasteiger partial charge in [0.1, 0.15) is 11.9 Å². The lowest BCUT2D eigenvalue weighted by molar-refractivity contribution is -0.141. The predicted molar refractivity (Wildman–Crippen MR) is 205 cm³/mol. The number of aliphatic hydroxyl groups is 1. The van der Waals surface area contributed by atoms with Gasteiger partial charge in [0.2, 0.25) is 25.7 Å². The maximum absolute atomic E-state index is 13.5. The van der Waals surface area contributed by atoms with E-state index in [-0.39, 0.29) is 26.6 Å². The number of benzene rings is 3. The number of hydrogen-bond acceptors (Lipinski definition) is 15. The molecule has 0 aromatic heterocycles. The Morgan fingerprint density at radius 3 is 2.36 bits per heavy atom. The van der Waals surface area contributed by atoms with Crippen LogP contribution in [0, 0.1) is 11.8 Å². The SMILES string of the molecule is COc1cc([C@@H]2c3cc4c(cc3[C@H](OC(=O)N/N=C/c3cccc(OCCCN(C)CCC(O)([PH](=O)O)P(=O)(O)O)c3)[C@H]3COC(=O)[C@H]23)OCO4)cc(OC)c1OC. The van der Waals surface area contributed by atoms with Crippen molar-refractivity contribution in [2.45, 2.75) is 29.9 Å². The molecule has 0 bridgehead atoms. The van der Waals surface area contributed by atoms with Crippen LogP contribution in [0.15, 0.2) is 53.6 Å². The molecule has 5 N–H and O–H groups in total. The molecule has 1 saturated heterocycles. The summed E-state index contributed by atoms with van der Waals surface area (Å²) in [6.07, 6.45) is -0.509. The summed E-state index contributed by atoms with van der Waals surface area (Å²) in [6.45, 7) is 0.613. The molecule has 0 radical (unpaired) electrons. The number of carbonyl (C=O) groups excluding carboxylic acids is 2. The Morgan fingerprint density at radius 2 is 1.72 bits per heavy atom. The summed E-state index contributed by atoms with van der Waals surface area (Å²) in [7, 11) is -3.01. The van der Waals surface area contributed by atoms with Gasteiger partial charge in [-0.3, -0.25) is 13.9 Å². The molecule has 1 aliphatic carbocycles. The van der Waals surface area contributed by atoms with Gasteiger partial charge >= 0.3 is 19.7 Å². The Labute approximate surface area is 333 Å². The van der Waals surface area contributed by atoms with Crippen molar-refractivity contribution in [1.29, 1.82) is 0 Å². The Morgan fingerprint density at radius 1 is 1.03 bits per heavy atom. The Balaban J connectivity index is 1.11. The molecule has 58 heavy (non-hydrogen) atoms. The lowest BCUT2D eigenvalue weighted by Gasteiger charge is -2.38. The third kappa shape index (κ3) is 8.90. The fraction of sp³-hybridized carbons (Fsp3) is 0.432. The van der Waals surface area contributed by atoms with E-state index in [0.717, 1.165) is 0 Å². The predicted octanol–water partition coefficient (Wildman–Crippen LogP) is 3.56. The van der Waals surface area contributed by atoms with Crippen LogP contribution in [0.5, 0.6) is 34.5 Å². The van der Waals surface area contributed by atoms with E-state index in [9.17, 15) is 38.5 Å². The zero-order valence-corrected chi connectivity index (χ0v) is 33.9. The molecule has 6 rings (SSSR count). The van der Waals surface area contributed by atoms with Gasteiger partial charge in [0.05, 0.1) is 46.7 Å². The van der Waals surface area contributed by atoms with Crippen molar-refractivity contribution in [3.05, 3.63) is 70.8 Å². The van der Waals surface area contributed by atoms with Crippen LogP contribution in [0.2, 0.25) is 0 Å². The number of nitrogens with one attached hydrogen (secondary N) is 1. The van der Waals surface area contributed by atoms with Crippen LogP contribution in [0.4, 0.5) is 4.79 Å². The van der Waals surface area contributed by atoms with E-state index in [1.54, 1.807) is 60.5 Å². The minimum Gasteiger partial charge on any atom is -0.494 e. The number of ether oxygens (including phenoxy) is 8. The van der Waals surface area contributed by atoms with Crippen molar-refractivity contribution in [3.63, 3.8) is 0 Å². The van der Waals surface area contributed by atoms with Gasteiger partial charge < -0.3 is 62.6 Å². The molecule has 19 nitrogen and oxygen atoms in total. The van der Waals surface area contributed by atoms with Crippen LogP contribution in [0.3, 0.4) is 0 Å². The van der Waals surface area contributed by atoms with Crippen molar-refractivity contribution in [3.8, 4) is 34.5 Å². The van der Waals surface area contributed by atoms with Gasteiger partial charge in [0.15, 0.2) is 23.0 Å². The smallest absolute Gasteiger partial charge is 0.428 e. The number of amides is 1. The minimum absolute atomic E-state index is 0.000228. The van der Waals surface area contributed by atoms with E-state index in [1.807, 2.05) is 0 Å². The standard InChI is InChI=1S/C37H45N3O16P2/c1-40(11-9-37(43,57(44)45)58(46,47)48)10-6-12-52-23-8-5-7-21(13-23)18-38-39-36(42)56-33-25-17-28-27(54-20-55-28)16-24(25)31(32-26(33)19-53-35(32)41)22-14-29(49-2)34(51-4)30(15-22)50-3/h5,7-8,13-18,26,31-33,43,57H,6,9-12,19-20H2,1-4H3,(H,39,42)(H,44,45)(H2,46,47,48)/b38-18+/t26-,31+,32-,33-,37?/m0/s1. The van der Waals surface area contributed by atoms with E-state index in [4.69, 9.17) is 37.9 Å². The highest BCUT2D eigenvalue weighted by molar-refractivity contribution is 7.66. The van der Waals surface area contributed by atoms with E-state index in [2.05, 4.69) is 10.5 Å². The highest BCUT2D eigenvalue weighted by atomic mass is 31.2. The number of nitrogens with zero attached hydrogens (tertiary/aromatic N) is 2. The Kier molecular flexibility index (Phi) is 13.2. The Bertz CT molecular complexity index is 2090. The molecule has 3 aromatic rings. The molecule has 2 aliphatic heterocycles. The summed E-state index contributed by atoms with van der Waals surface area (Å²) in [5.41, 5.74) is 4.93. The summed E-state index contributed by atoms with van der Waals surface area (Å²) in [4.78, 5) is 56.4. The van der Waals surface area contributed by atoms with Crippen molar-refractivity contribution < 1.29 is 76.4 Å². The van der Waals surface area contributed by atoms with Gasteiger partial charge in [-0.15, -0.1) is 0 Å². The lowest BCUT2D eigenvalue weighted by atomic mass is 9.66. The summed E-state index contributed by atoms with van der Waals surface area (Å²) in [5.74, 6) is 0.250. The van der Waals surface area contributed by atoms with Crippen molar-refractivity contribution in [2.24, 2.45) is 16.9 Å². The maximum atomic E-state index is 13.5. The number of esters is 1. The van der Waals surface area contributed by atoms with Gasteiger partial charge in [0.25, 0.3) is 0 Å². The molecule has 1 fully saturated rings. The average Bonchev–Trinajstić information content (AvgIpc) is 3.82. The molecule has 6 atom stereocenters. The Hall–Kier alpha value is -4.87. The van der Waals surface area contributed by atoms with Crippen molar-refractivity contribution in [2.75, 3.05) is 61.5 Å². The van der Waals surface area contributed by atoms with Crippen LogP contribution < -0.4 is 33.8 Å². The number of fused-ring (bicyclic) bond motifs is 3. The summed E-state index contributed by atoms with van der Waals surface area (Å²) >= 11 is 0. The lowest BCUT2D eigenvalue weighted by Crippen LogP contribution is -2.37. The van der Waals surface area contributed by atoms with Crippen LogP contribution in [0.25, 0.3) is 0 Å². The zero-order valence-electron chi connectivity index (χ0n) is 32.0. The minimum atomic E-state index is -5.23. The second-order valence-corrected chi connectivity index (χ2v) is 17.5. The van der Waals surface area contributed by atoms with Crippen LogP contribution >= 0.6 is 15.6 Å². The van der Waals surface area contributed by atoms with Gasteiger partial charge in [-0.25, -0.2) is 10.2 Å². The van der Waals surface area contributed by atoms with Crippen molar-refractivity contribution in [1.82, 2.24) is 10.3 Å². The number of hydrogen-bond donors (Lipinski definition) is 5. The average molecular weight is 850 g/mol. The van der Waals surface area contributed by atoms with Crippen LogP contribution in [-0.4, -0.2) is 110 Å². The largest absolute Gasteiger partial charge is 0.494 e. The van der Waals surface area contributed by atoms with Gasteiger partial charge in [-0.2, -0.15) is 5.10 Å². The molecule has 2 heterocycles. The number of rotatable bonds is 17. The number of methoxy groups -OCH3 is 3. The number of carbonyl (C=O) groups is 2. The summed E-state index contributed by atoms with van der Waals surface area (Å²) in [5, 5.41) is 11.1. The van der Waals surface area contributed by atoms with Crippen LogP contribution in [-0.2, 0) is 23.4 Å². The topological polar surface area (TPSA) is 251 Å². The normalized spacial score (nSPS) is 21.1. The molecule has 0 spiro atoms. The number of hydrazone groups is 1. The molecular formula is C37H45N3O16P2. The maximum Gasteiger partial charge on any atom is 0.428 e. The monoisotopic (exact) mass is 849 g/mol. The van der Waals surface area contributed by atoms with E-state index < -0.39 is 63.0 Å². The first-order valence-electron chi connectivity index (χ1n) is 18.0. The molecule has 1 amide bonds. The first-order chi connectivity index (χ1) is 27.7. The highest BCUT2D eigenvalue weighted by Crippen LogP contribution is 2.61. The molecular weight excluding hydrogens is 804 g/mol. The van der Waals surface area contributed by atoms with Gasteiger partial charge in [-0.1, -0.05) is 12.1 Å². The van der Waals surface area contributed by atoms with Gasteiger partial charge in [-0.05, 0) is 66.6 Å². The second kappa shape index (κ2) is 18.0. The summed E-state index contributed by atoms with van der Waals surface area (Å²) < 4.78 is 68.5. The van der Waals surface area contributed by atoms with E-state index >= 15 is 0 Å². The first kappa shape index (κ1) is 42.7. The molecule has 21 heteroatoms. The molecule has 3 aromatic carbocycles. The van der Waals surface area contributed by atoms with Crippen molar-refractivity contribution >= 4 is 33.9 Å². The molecule has 3 aliphatic rings. The zero-order chi connectivity index (χ0) is 41.8. The molecule has 2 unspecified atom stereocenters. The quantitative estimate of drug-likeness (QED) is 0.0428. The fourth-order valence-corrected chi connectivity index (χ4v) is 9.00. The second-order valence-electron chi connectivity index (χ2n) is 13.8.